The normalized spacial score (nSPS) is 20.4. The molecule has 0 saturated carbocycles. The Labute approximate surface area is 84.8 Å². The van der Waals surface area contributed by atoms with Gasteiger partial charge in [-0.05, 0) is 12.1 Å². The van der Waals surface area contributed by atoms with Crippen molar-refractivity contribution in [3.8, 4) is 0 Å². The second-order valence-corrected chi connectivity index (χ2v) is 3.40. The molecule has 1 fully saturated rings. The molecule has 2 rings (SSSR count). The van der Waals surface area contributed by atoms with E-state index in [0.29, 0.717) is 10.6 Å². The Morgan fingerprint density at radius 1 is 1.57 bits per heavy atom. The van der Waals surface area contributed by atoms with Crippen LogP contribution in [0.4, 0.5) is 9.18 Å². The van der Waals surface area contributed by atoms with E-state index in [0.717, 1.165) is 0 Å². The van der Waals surface area contributed by atoms with Crippen LogP contribution < -0.4 is 5.32 Å². The van der Waals surface area contributed by atoms with E-state index in [2.05, 4.69) is 10.1 Å². The summed E-state index contributed by atoms with van der Waals surface area (Å²) in [6, 6.07) is 3.91. The Morgan fingerprint density at radius 3 is 2.93 bits per heavy atom. The van der Waals surface area contributed by atoms with Gasteiger partial charge in [0.2, 0.25) is 0 Å². The number of carbonyl (C=O) groups is 1. The third-order valence-electron chi connectivity index (χ3n) is 2.01. The SMILES string of the molecule is O=C1N[C@H](c2ccc(Cl)cc2F)CO1. The van der Waals surface area contributed by atoms with Crippen molar-refractivity contribution in [2.24, 2.45) is 0 Å². The molecule has 1 aliphatic heterocycles. The molecule has 1 amide bonds. The molecule has 1 heterocycles. The maximum atomic E-state index is 13.3. The number of nitrogens with one attached hydrogen (secondary N) is 1. The summed E-state index contributed by atoms with van der Waals surface area (Å²) >= 11 is 5.59. The van der Waals surface area contributed by atoms with Crippen LogP contribution in [0.1, 0.15) is 11.6 Å². The molecule has 1 aliphatic rings. The smallest absolute Gasteiger partial charge is 0.407 e. The third-order valence-corrected chi connectivity index (χ3v) is 2.25. The number of carbonyl (C=O) groups excluding carboxylic acids is 1. The zero-order valence-electron chi connectivity index (χ0n) is 7.09. The second kappa shape index (κ2) is 3.46. The quantitative estimate of drug-likeness (QED) is 0.781. The molecule has 74 valence electrons. The highest BCUT2D eigenvalue weighted by Crippen LogP contribution is 2.23. The highest BCUT2D eigenvalue weighted by atomic mass is 35.5. The standard InChI is InChI=1S/C9H7ClFNO2/c10-5-1-2-6(7(11)3-5)8-4-14-9(13)12-8/h1-3,8H,4H2,(H,12,13)/t8-/m0/s1. The molecule has 3 nitrogen and oxygen atoms in total. The predicted octanol–water partition coefficient (Wildman–Crippen LogP) is 2.26. The van der Waals surface area contributed by atoms with Crippen LogP contribution in [0.25, 0.3) is 0 Å². The van der Waals surface area contributed by atoms with Crippen LogP contribution in [0.15, 0.2) is 18.2 Å². The zero-order chi connectivity index (χ0) is 10.1. The summed E-state index contributed by atoms with van der Waals surface area (Å²) in [6.45, 7) is 0.150. The molecule has 1 aromatic rings. The average Bonchev–Trinajstić information content (AvgIpc) is 2.51. The van der Waals surface area contributed by atoms with Gasteiger partial charge in [0.05, 0.1) is 6.04 Å². The number of ether oxygens (including phenoxy) is 1. The lowest BCUT2D eigenvalue weighted by atomic mass is 10.1. The molecule has 0 unspecified atom stereocenters. The molecule has 1 aromatic carbocycles. The van der Waals surface area contributed by atoms with Crippen molar-refractivity contribution in [1.82, 2.24) is 5.32 Å². The van der Waals surface area contributed by atoms with E-state index in [1.807, 2.05) is 0 Å². The summed E-state index contributed by atoms with van der Waals surface area (Å²) in [7, 11) is 0. The minimum Gasteiger partial charge on any atom is -0.447 e. The first-order valence-electron chi connectivity index (χ1n) is 4.05. The lowest BCUT2D eigenvalue weighted by Crippen LogP contribution is -2.19. The van der Waals surface area contributed by atoms with Gasteiger partial charge in [-0.1, -0.05) is 17.7 Å². The Kier molecular flexibility index (Phi) is 2.29. The summed E-state index contributed by atoms with van der Waals surface area (Å²) in [4.78, 5) is 10.7. The van der Waals surface area contributed by atoms with Crippen molar-refractivity contribution in [2.45, 2.75) is 6.04 Å². The molecular weight excluding hydrogens is 209 g/mol. The minimum atomic E-state index is -0.524. The monoisotopic (exact) mass is 215 g/mol. The number of rotatable bonds is 1. The fourth-order valence-electron chi connectivity index (χ4n) is 1.34. The van der Waals surface area contributed by atoms with Gasteiger partial charge >= 0.3 is 6.09 Å². The third kappa shape index (κ3) is 1.65. The second-order valence-electron chi connectivity index (χ2n) is 2.96. The molecule has 1 atom stereocenters. The average molecular weight is 216 g/mol. The number of alkyl carbamates (subject to hydrolysis) is 1. The Bertz CT molecular complexity index is 383. The lowest BCUT2D eigenvalue weighted by Gasteiger charge is -2.08. The van der Waals surface area contributed by atoms with Crippen LogP contribution in [-0.2, 0) is 4.74 Å². The van der Waals surface area contributed by atoms with Gasteiger partial charge in [0.25, 0.3) is 0 Å². The van der Waals surface area contributed by atoms with Gasteiger partial charge in [-0.15, -0.1) is 0 Å². The number of amides is 1. The van der Waals surface area contributed by atoms with E-state index in [1.165, 1.54) is 12.1 Å². The number of benzene rings is 1. The fourth-order valence-corrected chi connectivity index (χ4v) is 1.50. The van der Waals surface area contributed by atoms with Crippen LogP contribution in [0.5, 0.6) is 0 Å². The van der Waals surface area contributed by atoms with Crippen LogP contribution in [0.3, 0.4) is 0 Å². The van der Waals surface area contributed by atoms with Crippen molar-refractivity contribution in [3.05, 3.63) is 34.6 Å². The predicted molar refractivity (Wildman–Crippen MR) is 48.6 cm³/mol. The molecular formula is C9H7ClFNO2. The van der Waals surface area contributed by atoms with Crippen molar-refractivity contribution in [3.63, 3.8) is 0 Å². The van der Waals surface area contributed by atoms with Crippen molar-refractivity contribution >= 4 is 17.7 Å². The van der Waals surface area contributed by atoms with Crippen LogP contribution >= 0.6 is 11.6 Å². The molecule has 0 radical (unpaired) electrons. The van der Waals surface area contributed by atoms with Crippen molar-refractivity contribution in [1.29, 1.82) is 0 Å². The van der Waals surface area contributed by atoms with E-state index in [-0.39, 0.29) is 6.61 Å². The van der Waals surface area contributed by atoms with Gasteiger partial charge in [-0.2, -0.15) is 0 Å². The topological polar surface area (TPSA) is 38.3 Å². The molecule has 0 bridgehead atoms. The van der Waals surface area contributed by atoms with Crippen molar-refractivity contribution in [2.75, 3.05) is 6.61 Å². The molecule has 0 aromatic heterocycles. The summed E-state index contributed by atoms with van der Waals surface area (Å²) in [5.74, 6) is -0.437. The minimum absolute atomic E-state index is 0.150. The number of hydrogen-bond acceptors (Lipinski definition) is 2. The maximum Gasteiger partial charge on any atom is 0.407 e. The molecule has 5 heteroatoms. The molecule has 1 N–H and O–H groups in total. The summed E-state index contributed by atoms with van der Waals surface area (Å²) in [5, 5.41) is 2.82. The van der Waals surface area contributed by atoms with Gasteiger partial charge < -0.3 is 10.1 Å². The van der Waals surface area contributed by atoms with E-state index >= 15 is 0 Å². The largest absolute Gasteiger partial charge is 0.447 e. The Balaban J connectivity index is 2.28. The van der Waals surface area contributed by atoms with Gasteiger partial charge in [-0.3, -0.25) is 0 Å². The van der Waals surface area contributed by atoms with E-state index < -0.39 is 18.0 Å². The number of hydrogen-bond donors (Lipinski definition) is 1. The molecule has 0 spiro atoms. The van der Waals surface area contributed by atoms with E-state index in [9.17, 15) is 9.18 Å². The summed E-state index contributed by atoms with van der Waals surface area (Å²) < 4.78 is 18.0. The maximum absolute atomic E-state index is 13.3. The summed E-state index contributed by atoms with van der Waals surface area (Å²) in [5.41, 5.74) is 0.389. The molecule has 0 aliphatic carbocycles. The van der Waals surface area contributed by atoms with Gasteiger partial charge in [0.1, 0.15) is 12.4 Å². The summed E-state index contributed by atoms with van der Waals surface area (Å²) in [6.07, 6.45) is -0.524. The highest BCUT2D eigenvalue weighted by molar-refractivity contribution is 6.30. The van der Waals surface area contributed by atoms with Crippen LogP contribution in [0, 0.1) is 5.82 Å². The van der Waals surface area contributed by atoms with Gasteiger partial charge in [0.15, 0.2) is 0 Å². The Morgan fingerprint density at radius 2 is 2.36 bits per heavy atom. The van der Waals surface area contributed by atoms with E-state index in [1.54, 1.807) is 6.07 Å². The van der Waals surface area contributed by atoms with Crippen LogP contribution in [-0.4, -0.2) is 12.7 Å². The first-order valence-corrected chi connectivity index (χ1v) is 4.43. The van der Waals surface area contributed by atoms with Crippen molar-refractivity contribution < 1.29 is 13.9 Å². The lowest BCUT2D eigenvalue weighted by molar-refractivity contribution is 0.177. The zero-order valence-corrected chi connectivity index (χ0v) is 7.84. The first-order chi connectivity index (χ1) is 6.66. The first kappa shape index (κ1) is 9.27. The molecule has 1 saturated heterocycles. The highest BCUT2D eigenvalue weighted by Gasteiger charge is 2.25. The van der Waals surface area contributed by atoms with Crippen LogP contribution in [0.2, 0.25) is 5.02 Å². The fraction of sp³-hybridized carbons (Fsp3) is 0.222. The van der Waals surface area contributed by atoms with Gasteiger partial charge in [0, 0.05) is 10.6 Å². The van der Waals surface area contributed by atoms with Gasteiger partial charge in [-0.25, -0.2) is 9.18 Å². The Hall–Kier alpha value is -1.29. The van der Waals surface area contributed by atoms with E-state index in [4.69, 9.17) is 11.6 Å². The molecule has 14 heavy (non-hydrogen) atoms. The number of cyclic esters (lactones) is 1. The number of halogens is 2.